The van der Waals surface area contributed by atoms with Gasteiger partial charge in [0.25, 0.3) is 0 Å². The Bertz CT molecular complexity index is 204. The van der Waals surface area contributed by atoms with Crippen molar-refractivity contribution in [1.29, 1.82) is 0 Å². The van der Waals surface area contributed by atoms with Gasteiger partial charge < -0.3 is 4.90 Å². The third-order valence-corrected chi connectivity index (χ3v) is 2.11. The van der Waals surface area contributed by atoms with Gasteiger partial charge in [0.15, 0.2) is 0 Å². The maximum atomic E-state index is 11.6. The molecule has 0 aliphatic rings. The lowest BCUT2D eigenvalue weighted by Gasteiger charge is -2.13. The lowest BCUT2D eigenvalue weighted by Crippen LogP contribution is -2.25. The Kier molecular flexibility index (Phi) is 4.87. The molecule has 0 rings (SSSR count). The number of carbonyl (C=O) groups is 1. The van der Waals surface area contributed by atoms with Gasteiger partial charge in [0.05, 0.1) is 0 Å². The van der Waals surface area contributed by atoms with Gasteiger partial charge in [-0.2, -0.15) is 0 Å². The highest BCUT2D eigenvalue weighted by atomic mass is 16.2. The van der Waals surface area contributed by atoms with Crippen LogP contribution in [0.2, 0.25) is 0 Å². The number of carbonyl (C=O) groups excluding carboxylic acids is 1. The van der Waals surface area contributed by atoms with Gasteiger partial charge in [0.2, 0.25) is 5.91 Å². The lowest BCUT2D eigenvalue weighted by atomic mass is 10.1. The summed E-state index contributed by atoms with van der Waals surface area (Å²) in [4.78, 5) is 12.6. The molecule has 0 aliphatic heterocycles. The number of hydrogen-bond donors (Lipinski definition) is 0. The van der Waals surface area contributed by atoms with Gasteiger partial charge >= 0.3 is 0 Å². The predicted octanol–water partition coefficient (Wildman–Crippen LogP) is 2.83. The van der Waals surface area contributed by atoms with Gasteiger partial charge in [-0.15, -0.1) is 0 Å². The average Bonchev–Trinajstić information content (AvgIpc) is 2.16. The van der Waals surface area contributed by atoms with Crippen LogP contribution in [0.4, 0.5) is 0 Å². The molecular weight excluding hydrogens is 162 g/mol. The quantitative estimate of drug-likeness (QED) is 0.563. The average molecular weight is 188 g/mol. The largest absolute Gasteiger partial charge is 0.346 e. The summed E-state index contributed by atoms with van der Waals surface area (Å²) in [5.41, 5.74) is 0. The smallest absolute Gasteiger partial charge is 0.222 e. The van der Waals surface area contributed by atoms with Crippen LogP contribution < -0.4 is 0 Å². The lowest BCUT2D eigenvalue weighted by molar-refractivity contribution is -0.129. The summed E-state index contributed by atoms with van der Waals surface area (Å²) in [5, 5.41) is 0. The standard InChI is InChI=1S/C11H23NO/c1-4-6-7-8-9-10-11(13)12(3)5-2/h4-10H2,1-3H3/i3D3. The number of unbranched alkanes of at least 4 members (excludes halogenated alkanes) is 4. The first-order valence-electron chi connectivity index (χ1n) is 6.74. The van der Waals surface area contributed by atoms with Crippen molar-refractivity contribution in [2.45, 2.75) is 52.4 Å². The molecule has 0 aliphatic carbocycles. The van der Waals surface area contributed by atoms with Gasteiger partial charge in [-0.3, -0.25) is 4.79 Å². The molecule has 2 nitrogen and oxygen atoms in total. The molecule has 0 bridgehead atoms. The zero-order chi connectivity index (χ0) is 12.6. The van der Waals surface area contributed by atoms with Crippen molar-refractivity contribution in [3.63, 3.8) is 0 Å². The minimum atomic E-state index is -2.28. The molecule has 0 aromatic rings. The zero-order valence-corrected chi connectivity index (χ0v) is 8.81. The van der Waals surface area contributed by atoms with Crippen molar-refractivity contribution in [3.05, 3.63) is 0 Å². The summed E-state index contributed by atoms with van der Waals surface area (Å²) in [6, 6.07) is 0. The molecule has 0 spiro atoms. The number of rotatable bonds is 7. The fourth-order valence-corrected chi connectivity index (χ4v) is 1.19. The number of nitrogens with zero attached hydrogens (tertiary/aromatic N) is 1. The Labute approximate surface area is 86.5 Å². The van der Waals surface area contributed by atoms with Crippen molar-refractivity contribution in [3.8, 4) is 0 Å². The molecule has 0 unspecified atom stereocenters. The summed E-state index contributed by atoms with van der Waals surface area (Å²) in [6.45, 7) is 1.81. The molecule has 1 amide bonds. The van der Waals surface area contributed by atoms with Crippen LogP contribution in [0.25, 0.3) is 0 Å². The second-order valence-electron chi connectivity index (χ2n) is 3.30. The van der Waals surface area contributed by atoms with Crippen LogP contribution in [0.5, 0.6) is 0 Å². The van der Waals surface area contributed by atoms with Crippen LogP contribution in [0.3, 0.4) is 0 Å². The van der Waals surface area contributed by atoms with E-state index in [1.165, 1.54) is 12.8 Å². The molecule has 0 aromatic carbocycles. The van der Waals surface area contributed by atoms with Crippen molar-refractivity contribution >= 4 is 5.91 Å². The second kappa shape index (κ2) is 8.09. The number of hydrogen-bond acceptors (Lipinski definition) is 1. The number of amides is 1. The predicted molar refractivity (Wildman–Crippen MR) is 56.7 cm³/mol. The van der Waals surface area contributed by atoms with E-state index >= 15 is 0 Å². The summed E-state index contributed by atoms with van der Waals surface area (Å²) in [7, 11) is 0. The Hall–Kier alpha value is -0.530. The molecule has 0 fully saturated rings. The van der Waals surface area contributed by atoms with Crippen molar-refractivity contribution < 1.29 is 8.91 Å². The molecular formula is C11H23NO. The summed E-state index contributed by atoms with van der Waals surface area (Å²) < 4.78 is 21.6. The molecule has 0 atom stereocenters. The molecule has 2 heteroatoms. The van der Waals surface area contributed by atoms with E-state index in [-0.39, 0.29) is 12.5 Å². The molecule has 0 saturated carbocycles. The molecule has 0 radical (unpaired) electrons. The van der Waals surface area contributed by atoms with Gasteiger partial charge in [-0.05, 0) is 13.3 Å². The molecule has 78 valence electrons. The highest BCUT2D eigenvalue weighted by Crippen LogP contribution is 2.05. The van der Waals surface area contributed by atoms with Gasteiger partial charge in [-0.1, -0.05) is 32.6 Å². The third-order valence-electron chi connectivity index (χ3n) is 2.11. The monoisotopic (exact) mass is 188 g/mol. The summed E-state index contributed by atoms with van der Waals surface area (Å²) >= 11 is 0. The van der Waals surface area contributed by atoms with Crippen LogP contribution in [0.1, 0.15) is 56.5 Å². The molecule has 0 heterocycles. The minimum Gasteiger partial charge on any atom is -0.346 e. The van der Waals surface area contributed by atoms with Gasteiger partial charge in [-0.25, -0.2) is 0 Å². The molecule has 0 aromatic heterocycles. The maximum absolute atomic E-state index is 11.6. The van der Waals surface area contributed by atoms with Crippen LogP contribution in [0, 0.1) is 0 Å². The van der Waals surface area contributed by atoms with E-state index in [1.54, 1.807) is 6.92 Å². The maximum Gasteiger partial charge on any atom is 0.222 e. The highest BCUT2D eigenvalue weighted by molar-refractivity contribution is 5.75. The first-order chi connectivity index (χ1) is 7.43. The SMILES string of the molecule is [2H]C([2H])([2H])N(CC)C(=O)CCCCCCC. The van der Waals surface area contributed by atoms with E-state index in [9.17, 15) is 4.79 Å². The van der Waals surface area contributed by atoms with E-state index in [2.05, 4.69) is 6.92 Å². The van der Waals surface area contributed by atoms with Gasteiger partial charge in [0, 0.05) is 24.1 Å². The normalized spacial score (nSPS) is 14.5. The Balaban J connectivity index is 3.86. The van der Waals surface area contributed by atoms with Crippen molar-refractivity contribution in [2.24, 2.45) is 0 Å². The fraction of sp³-hybridized carbons (Fsp3) is 0.909. The first-order valence-corrected chi connectivity index (χ1v) is 5.24. The van der Waals surface area contributed by atoms with E-state index in [1.807, 2.05) is 0 Å². The minimum absolute atomic E-state index is 0.251. The molecule has 13 heavy (non-hydrogen) atoms. The van der Waals surface area contributed by atoms with Crippen LogP contribution in [-0.4, -0.2) is 24.3 Å². The topological polar surface area (TPSA) is 20.3 Å². The fourth-order valence-electron chi connectivity index (χ4n) is 1.19. The zero-order valence-electron chi connectivity index (χ0n) is 11.8. The third kappa shape index (κ3) is 6.62. The Morgan fingerprint density at radius 1 is 1.23 bits per heavy atom. The Morgan fingerprint density at radius 3 is 2.46 bits per heavy atom. The van der Waals surface area contributed by atoms with Gasteiger partial charge in [0.1, 0.15) is 0 Å². The van der Waals surface area contributed by atoms with E-state index in [4.69, 9.17) is 4.11 Å². The van der Waals surface area contributed by atoms with E-state index in [0.29, 0.717) is 6.42 Å². The first kappa shape index (κ1) is 7.84. The van der Waals surface area contributed by atoms with Crippen LogP contribution in [-0.2, 0) is 4.79 Å². The van der Waals surface area contributed by atoms with Crippen LogP contribution >= 0.6 is 0 Å². The van der Waals surface area contributed by atoms with Crippen LogP contribution in [0.15, 0.2) is 0 Å². The molecule has 0 saturated heterocycles. The van der Waals surface area contributed by atoms with Crippen molar-refractivity contribution in [2.75, 3.05) is 13.5 Å². The van der Waals surface area contributed by atoms with E-state index < -0.39 is 6.98 Å². The van der Waals surface area contributed by atoms with E-state index in [0.717, 1.165) is 24.2 Å². The second-order valence-corrected chi connectivity index (χ2v) is 3.30. The highest BCUT2D eigenvalue weighted by Gasteiger charge is 2.04. The summed E-state index contributed by atoms with van der Waals surface area (Å²) in [6.07, 6.45) is 5.65. The molecule has 0 N–H and O–H groups in total. The van der Waals surface area contributed by atoms with Crippen molar-refractivity contribution in [1.82, 2.24) is 4.90 Å². The summed E-state index contributed by atoms with van der Waals surface area (Å²) in [5.74, 6) is -0.251. The Morgan fingerprint density at radius 2 is 1.92 bits per heavy atom.